The molecule has 0 saturated carbocycles. The predicted molar refractivity (Wildman–Crippen MR) is 126 cm³/mol. The van der Waals surface area contributed by atoms with E-state index in [1.807, 2.05) is 34.9 Å². The summed E-state index contributed by atoms with van der Waals surface area (Å²) in [7, 11) is 0. The van der Waals surface area contributed by atoms with Crippen molar-refractivity contribution in [3.8, 4) is 0 Å². The number of benzene rings is 3. The molecule has 0 aliphatic rings. The number of nitrogens with zero attached hydrogens (tertiary/aromatic N) is 2. The van der Waals surface area contributed by atoms with Gasteiger partial charge in [-0.1, -0.05) is 60.7 Å². The molecule has 0 atom stereocenters. The van der Waals surface area contributed by atoms with Crippen molar-refractivity contribution in [2.24, 2.45) is 0 Å². The Hall–Kier alpha value is -4.01. The van der Waals surface area contributed by atoms with Crippen LogP contribution >= 0.6 is 0 Å². The molecule has 0 unspecified atom stereocenters. The molecule has 1 amide bonds. The highest BCUT2D eigenvalue weighted by Gasteiger charge is 2.38. The maximum Gasteiger partial charge on any atom is 0.416 e. The second kappa shape index (κ2) is 10.5. The Morgan fingerprint density at radius 1 is 0.676 bits per heavy atom. The van der Waals surface area contributed by atoms with E-state index in [4.69, 9.17) is 0 Å². The molecule has 0 N–H and O–H groups in total. The second-order valence-electron chi connectivity index (χ2n) is 8.55. The van der Waals surface area contributed by atoms with Crippen LogP contribution in [0, 0.1) is 0 Å². The SMILES string of the molecule is O=C(c1cc(C(F)(F)F)cc(C(F)(F)F)c1)N(Cc1ccccc1)Cc1cccn1Cc1ccccc1. The molecular formula is C28H22F6N2O. The van der Waals surface area contributed by atoms with Crippen molar-refractivity contribution in [2.45, 2.75) is 32.0 Å². The minimum absolute atomic E-state index is 0.00616. The van der Waals surface area contributed by atoms with E-state index < -0.39 is 35.0 Å². The molecule has 0 fully saturated rings. The van der Waals surface area contributed by atoms with Crippen LogP contribution < -0.4 is 0 Å². The van der Waals surface area contributed by atoms with Gasteiger partial charge in [0.25, 0.3) is 5.91 Å². The molecule has 9 heteroatoms. The highest BCUT2D eigenvalue weighted by atomic mass is 19.4. The van der Waals surface area contributed by atoms with Gasteiger partial charge >= 0.3 is 12.4 Å². The number of amides is 1. The largest absolute Gasteiger partial charge is 0.416 e. The maximum absolute atomic E-state index is 13.5. The van der Waals surface area contributed by atoms with Gasteiger partial charge in [0, 0.05) is 30.5 Å². The van der Waals surface area contributed by atoms with Crippen molar-refractivity contribution in [3.63, 3.8) is 0 Å². The Morgan fingerprint density at radius 3 is 1.76 bits per heavy atom. The zero-order valence-electron chi connectivity index (χ0n) is 19.4. The third-order valence-corrected chi connectivity index (χ3v) is 5.81. The number of aromatic nitrogens is 1. The molecule has 3 aromatic carbocycles. The molecular weight excluding hydrogens is 494 g/mol. The number of hydrogen-bond donors (Lipinski definition) is 0. The molecule has 0 bridgehead atoms. The van der Waals surface area contributed by atoms with Crippen molar-refractivity contribution in [1.29, 1.82) is 0 Å². The van der Waals surface area contributed by atoms with Gasteiger partial charge in [0.2, 0.25) is 0 Å². The topological polar surface area (TPSA) is 25.2 Å². The first-order valence-corrected chi connectivity index (χ1v) is 11.3. The van der Waals surface area contributed by atoms with Gasteiger partial charge in [-0.25, -0.2) is 0 Å². The van der Waals surface area contributed by atoms with E-state index in [0.29, 0.717) is 29.9 Å². The fraction of sp³-hybridized carbons (Fsp3) is 0.179. The molecule has 3 nitrogen and oxygen atoms in total. The third kappa shape index (κ3) is 6.61. The van der Waals surface area contributed by atoms with Crippen LogP contribution in [-0.2, 0) is 32.0 Å². The summed E-state index contributed by atoms with van der Waals surface area (Å²) in [5.74, 6) is -0.937. The van der Waals surface area contributed by atoms with Gasteiger partial charge in [-0.05, 0) is 41.5 Å². The number of rotatable bonds is 7. The van der Waals surface area contributed by atoms with Crippen molar-refractivity contribution in [3.05, 3.63) is 131 Å². The van der Waals surface area contributed by atoms with E-state index in [1.165, 1.54) is 4.90 Å². The van der Waals surface area contributed by atoms with Gasteiger partial charge in [-0.3, -0.25) is 4.79 Å². The van der Waals surface area contributed by atoms with E-state index in [0.717, 1.165) is 5.56 Å². The quantitative estimate of drug-likeness (QED) is 0.235. The van der Waals surface area contributed by atoms with Gasteiger partial charge in [0.1, 0.15) is 0 Å². The average Bonchev–Trinajstić information content (AvgIpc) is 3.29. The molecule has 0 spiro atoms. The fourth-order valence-electron chi connectivity index (χ4n) is 3.99. The highest BCUT2D eigenvalue weighted by molar-refractivity contribution is 5.94. The number of halogens is 6. The minimum atomic E-state index is -5.05. The van der Waals surface area contributed by atoms with Gasteiger partial charge in [0.15, 0.2) is 0 Å². The monoisotopic (exact) mass is 516 g/mol. The summed E-state index contributed by atoms with van der Waals surface area (Å²) in [6.45, 7) is 0.456. The molecule has 192 valence electrons. The standard InChI is InChI=1S/C28H22F6N2O/c29-27(30,31)23-14-22(15-24(16-23)28(32,33)34)26(37)36(18-21-10-5-2-6-11-21)19-25-12-7-13-35(25)17-20-8-3-1-4-9-20/h1-16H,17-19H2. The summed E-state index contributed by atoms with van der Waals surface area (Å²) in [4.78, 5) is 14.7. The summed E-state index contributed by atoms with van der Waals surface area (Å²) in [6, 6.07) is 22.7. The molecule has 0 aliphatic heterocycles. The molecule has 0 saturated heterocycles. The van der Waals surface area contributed by atoms with Crippen LogP contribution in [0.3, 0.4) is 0 Å². The number of carbonyl (C=O) groups is 1. The average molecular weight is 516 g/mol. The van der Waals surface area contributed by atoms with Crippen LogP contribution in [-0.4, -0.2) is 15.4 Å². The van der Waals surface area contributed by atoms with E-state index in [-0.39, 0.29) is 19.2 Å². The Morgan fingerprint density at radius 2 is 1.22 bits per heavy atom. The third-order valence-electron chi connectivity index (χ3n) is 5.81. The molecule has 37 heavy (non-hydrogen) atoms. The van der Waals surface area contributed by atoms with E-state index >= 15 is 0 Å². The minimum Gasteiger partial charge on any atom is -0.345 e. The van der Waals surface area contributed by atoms with Crippen LogP contribution in [0.2, 0.25) is 0 Å². The summed E-state index contributed by atoms with van der Waals surface area (Å²) in [6.07, 6.45) is -8.30. The van der Waals surface area contributed by atoms with Crippen molar-refractivity contribution >= 4 is 5.91 Å². The van der Waals surface area contributed by atoms with Gasteiger partial charge in [-0.15, -0.1) is 0 Å². The lowest BCUT2D eigenvalue weighted by atomic mass is 10.0. The molecule has 4 aromatic rings. The van der Waals surface area contributed by atoms with Crippen LogP contribution in [0.25, 0.3) is 0 Å². The van der Waals surface area contributed by atoms with Gasteiger partial charge in [-0.2, -0.15) is 26.3 Å². The van der Waals surface area contributed by atoms with E-state index in [9.17, 15) is 31.1 Å². The predicted octanol–water partition coefficient (Wildman–Crippen LogP) is 7.42. The Kier molecular flexibility index (Phi) is 7.42. The Labute approximate surface area is 209 Å². The number of carbonyl (C=O) groups excluding carboxylic acids is 1. The summed E-state index contributed by atoms with van der Waals surface area (Å²) in [5, 5.41) is 0. The second-order valence-corrected chi connectivity index (χ2v) is 8.55. The lowest BCUT2D eigenvalue weighted by Gasteiger charge is -2.25. The van der Waals surface area contributed by atoms with Crippen molar-refractivity contribution in [1.82, 2.24) is 9.47 Å². The van der Waals surface area contributed by atoms with Crippen LogP contribution in [0.5, 0.6) is 0 Å². The van der Waals surface area contributed by atoms with E-state index in [2.05, 4.69) is 0 Å². The summed E-state index contributed by atoms with van der Waals surface area (Å²) >= 11 is 0. The molecule has 1 aromatic heterocycles. The Bertz CT molecular complexity index is 1310. The normalized spacial score (nSPS) is 11.9. The van der Waals surface area contributed by atoms with Crippen LogP contribution in [0.15, 0.2) is 97.2 Å². The van der Waals surface area contributed by atoms with Crippen LogP contribution in [0.1, 0.15) is 38.3 Å². The zero-order valence-corrected chi connectivity index (χ0v) is 19.4. The van der Waals surface area contributed by atoms with Crippen molar-refractivity contribution < 1.29 is 31.1 Å². The first-order valence-electron chi connectivity index (χ1n) is 11.3. The van der Waals surface area contributed by atoms with Gasteiger partial charge in [0.05, 0.1) is 17.7 Å². The first-order chi connectivity index (χ1) is 17.5. The highest BCUT2D eigenvalue weighted by Crippen LogP contribution is 2.36. The summed E-state index contributed by atoms with van der Waals surface area (Å²) < 4.78 is 82.4. The smallest absolute Gasteiger partial charge is 0.345 e. The zero-order chi connectivity index (χ0) is 26.6. The van der Waals surface area contributed by atoms with Gasteiger partial charge < -0.3 is 9.47 Å². The molecule has 1 heterocycles. The molecule has 0 aliphatic carbocycles. The van der Waals surface area contributed by atoms with Crippen LogP contribution in [0.4, 0.5) is 26.3 Å². The van der Waals surface area contributed by atoms with E-state index in [1.54, 1.807) is 48.7 Å². The lowest BCUT2D eigenvalue weighted by Crippen LogP contribution is -2.31. The summed E-state index contributed by atoms with van der Waals surface area (Å²) in [5.41, 5.74) is -1.39. The molecule has 4 rings (SSSR count). The first kappa shape index (κ1) is 26.1. The number of alkyl halides is 6. The molecule has 0 radical (unpaired) electrons. The fourth-order valence-corrected chi connectivity index (χ4v) is 3.99. The lowest BCUT2D eigenvalue weighted by molar-refractivity contribution is -0.143. The Balaban J connectivity index is 1.71. The maximum atomic E-state index is 13.5. The number of hydrogen-bond acceptors (Lipinski definition) is 1. The van der Waals surface area contributed by atoms with Crippen molar-refractivity contribution in [2.75, 3.05) is 0 Å².